The van der Waals surface area contributed by atoms with Crippen molar-refractivity contribution in [1.29, 1.82) is 0 Å². The molecular formula is C12H21NO3. The van der Waals surface area contributed by atoms with E-state index in [1.54, 1.807) is 0 Å². The van der Waals surface area contributed by atoms with Gasteiger partial charge in [0.05, 0.1) is 18.1 Å². The second-order valence-electron chi connectivity index (χ2n) is 4.97. The van der Waals surface area contributed by atoms with Crippen LogP contribution in [-0.4, -0.2) is 36.4 Å². The zero-order chi connectivity index (χ0) is 11.5. The Hall–Kier alpha value is -0.610. The van der Waals surface area contributed by atoms with Crippen LogP contribution in [0.4, 0.5) is 0 Å². The van der Waals surface area contributed by atoms with E-state index in [0.717, 1.165) is 25.7 Å². The largest absolute Gasteiger partial charge is 0.393 e. The molecule has 1 heterocycles. The van der Waals surface area contributed by atoms with Crippen molar-refractivity contribution >= 4 is 5.91 Å². The van der Waals surface area contributed by atoms with E-state index in [1.165, 1.54) is 0 Å². The molecule has 4 atom stereocenters. The first kappa shape index (κ1) is 11.9. The first-order valence-electron chi connectivity index (χ1n) is 6.26. The smallest absolute Gasteiger partial charge is 0.225 e. The van der Waals surface area contributed by atoms with Crippen LogP contribution in [0.2, 0.25) is 0 Å². The van der Waals surface area contributed by atoms with Crippen molar-refractivity contribution in [2.45, 2.75) is 44.8 Å². The predicted octanol–water partition coefficient (Wildman–Crippen LogP) is 0.689. The molecule has 2 rings (SSSR count). The van der Waals surface area contributed by atoms with Crippen LogP contribution in [0.15, 0.2) is 0 Å². The van der Waals surface area contributed by atoms with Gasteiger partial charge < -0.3 is 15.2 Å². The molecule has 2 fully saturated rings. The van der Waals surface area contributed by atoms with Gasteiger partial charge in [-0.25, -0.2) is 0 Å². The fourth-order valence-corrected chi connectivity index (χ4v) is 2.69. The standard InChI is InChI=1S/C12H21NO3/c1-8-10(5-6-16-8)12(15)13-7-9-3-2-4-11(9)14/h8-11,14H,2-7H2,1H3,(H,13,15). The first-order valence-corrected chi connectivity index (χ1v) is 6.26. The molecule has 1 aliphatic heterocycles. The van der Waals surface area contributed by atoms with E-state index in [0.29, 0.717) is 13.2 Å². The number of aliphatic hydroxyl groups excluding tert-OH is 1. The number of ether oxygens (including phenoxy) is 1. The summed E-state index contributed by atoms with van der Waals surface area (Å²) in [5.74, 6) is 0.337. The van der Waals surface area contributed by atoms with Gasteiger partial charge in [0.1, 0.15) is 0 Å². The third-order valence-electron chi connectivity index (χ3n) is 3.87. The quantitative estimate of drug-likeness (QED) is 0.745. The highest BCUT2D eigenvalue weighted by atomic mass is 16.5. The number of amides is 1. The summed E-state index contributed by atoms with van der Waals surface area (Å²) in [5, 5.41) is 12.6. The van der Waals surface area contributed by atoms with E-state index in [2.05, 4.69) is 5.32 Å². The first-order chi connectivity index (χ1) is 7.68. The maximum atomic E-state index is 11.8. The van der Waals surface area contributed by atoms with Gasteiger partial charge in [-0.1, -0.05) is 6.42 Å². The monoisotopic (exact) mass is 227 g/mol. The number of carbonyl (C=O) groups excluding carboxylic acids is 1. The molecule has 1 amide bonds. The SMILES string of the molecule is CC1OCCC1C(=O)NCC1CCCC1O. The lowest BCUT2D eigenvalue weighted by molar-refractivity contribution is -0.126. The van der Waals surface area contributed by atoms with Crippen molar-refractivity contribution in [2.75, 3.05) is 13.2 Å². The number of carbonyl (C=O) groups is 1. The molecule has 4 unspecified atom stereocenters. The molecule has 4 nitrogen and oxygen atoms in total. The maximum Gasteiger partial charge on any atom is 0.225 e. The average Bonchev–Trinajstić information content (AvgIpc) is 2.84. The molecule has 0 spiro atoms. The molecule has 16 heavy (non-hydrogen) atoms. The van der Waals surface area contributed by atoms with Gasteiger partial charge in [-0.15, -0.1) is 0 Å². The molecule has 1 saturated carbocycles. The van der Waals surface area contributed by atoms with Gasteiger partial charge in [0, 0.05) is 19.1 Å². The molecule has 0 radical (unpaired) electrons. The molecule has 0 bridgehead atoms. The highest BCUT2D eigenvalue weighted by Crippen LogP contribution is 2.25. The summed E-state index contributed by atoms with van der Waals surface area (Å²) in [6, 6.07) is 0. The van der Waals surface area contributed by atoms with Crippen molar-refractivity contribution in [3.63, 3.8) is 0 Å². The zero-order valence-electron chi connectivity index (χ0n) is 9.82. The number of nitrogens with one attached hydrogen (secondary N) is 1. The molecular weight excluding hydrogens is 206 g/mol. The number of hydrogen-bond acceptors (Lipinski definition) is 3. The Labute approximate surface area is 96.4 Å². The molecule has 1 aliphatic carbocycles. The van der Waals surface area contributed by atoms with Gasteiger partial charge in [0.25, 0.3) is 0 Å². The van der Waals surface area contributed by atoms with Crippen LogP contribution in [0.1, 0.15) is 32.6 Å². The summed E-state index contributed by atoms with van der Waals surface area (Å²) < 4.78 is 5.37. The second kappa shape index (κ2) is 5.15. The minimum Gasteiger partial charge on any atom is -0.393 e. The van der Waals surface area contributed by atoms with Crippen molar-refractivity contribution in [3.8, 4) is 0 Å². The fourth-order valence-electron chi connectivity index (χ4n) is 2.69. The summed E-state index contributed by atoms with van der Waals surface area (Å²) >= 11 is 0. The normalized spacial score (nSPS) is 38.9. The van der Waals surface area contributed by atoms with Gasteiger partial charge >= 0.3 is 0 Å². The van der Waals surface area contributed by atoms with Crippen LogP contribution in [0, 0.1) is 11.8 Å². The summed E-state index contributed by atoms with van der Waals surface area (Å²) in [7, 11) is 0. The number of aliphatic hydroxyl groups is 1. The Bertz CT molecular complexity index is 257. The van der Waals surface area contributed by atoms with Gasteiger partial charge in [0.2, 0.25) is 5.91 Å². The molecule has 0 aromatic heterocycles. The molecule has 0 aromatic carbocycles. The summed E-state index contributed by atoms with van der Waals surface area (Å²) in [6.45, 7) is 3.25. The van der Waals surface area contributed by atoms with Crippen LogP contribution in [0.3, 0.4) is 0 Å². The van der Waals surface area contributed by atoms with Gasteiger partial charge in [0.15, 0.2) is 0 Å². The van der Waals surface area contributed by atoms with Crippen molar-refractivity contribution in [2.24, 2.45) is 11.8 Å². The minimum atomic E-state index is -0.224. The third kappa shape index (κ3) is 2.55. The van der Waals surface area contributed by atoms with E-state index in [4.69, 9.17) is 4.74 Å². The van der Waals surface area contributed by atoms with E-state index in [9.17, 15) is 9.90 Å². The van der Waals surface area contributed by atoms with Crippen LogP contribution >= 0.6 is 0 Å². The Kier molecular flexibility index (Phi) is 3.82. The predicted molar refractivity (Wildman–Crippen MR) is 59.9 cm³/mol. The van der Waals surface area contributed by atoms with Crippen LogP contribution in [-0.2, 0) is 9.53 Å². The van der Waals surface area contributed by atoms with E-state index < -0.39 is 0 Å². The van der Waals surface area contributed by atoms with Crippen molar-refractivity contribution in [3.05, 3.63) is 0 Å². The van der Waals surface area contributed by atoms with Gasteiger partial charge in [-0.05, 0) is 26.2 Å². The molecule has 4 heteroatoms. The average molecular weight is 227 g/mol. The lowest BCUT2D eigenvalue weighted by Gasteiger charge is -2.18. The topological polar surface area (TPSA) is 58.6 Å². The fraction of sp³-hybridized carbons (Fsp3) is 0.917. The lowest BCUT2D eigenvalue weighted by atomic mass is 10.0. The Morgan fingerprint density at radius 3 is 2.81 bits per heavy atom. The van der Waals surface area contributed by atoms with Gasteiger partial charge in [-0.3, -0.25) is 4.79 Å². The molecule has 2 aliphatic rings. The summed E-state index contributed by atoms with van der Waals surface area (Å²) in [6.07, 6.45) is 3.61. The van der Waals surface area contributed by atoms with Crippen LogP contribution < -0.4 is 5.32 Å². The third-order valence-corrected chi connectivity index (χ3v) is 3.87. The summed E-state index contributed by atoms with van der Waals surface area (Å²) in [5.41, 5.74) is 0. The molecule has 0 aromatic rings. The number of rotatable bonds is 3. The van der Waals surface area contributed by atoms with E-state index in [-0.39, 0.29) is 30.0 Å². The molecule has 2 N–H and O–H groups in total. The van der Waals surface area contributed by atoms with Gasteiger partial charge in [-0.2, -0.15) is 0 Å². The van der Waals surface area contributed by atoms with Crippen molar-refractivity contribution in [1.82, 2.24) is 5.32 Å². The van der Waals surface area contributed by atoms with Crippen LogP contribution in [0.5, 0.6) is 0 Å². The van der Waals surface area contributed by atoms with E-state index in [1.807, 2.05) is 6.92 Å². The minimum absolute atomic E-state index is 0.00135. The highest BCUT2D eigenvalue weighted by Gasteiger charge is 2.32. The van der Waals surface area contributed by atoms with Crippen LogP contribution in [0.25, 0.3) is 0 Å². The molecule has 1 saturated heterocycles. The Morgan fingerprint density at radius 2 is 2.25 bits per heavy atom. The van der Waals surface area contributed by atoms with E-state index >= 15 is 0 Å². The lowest BCUT2D eigenvalue weighted by Crippen LogP contribution is -2.38. The highest BCUT2D eigenvalue weighted by molar-refractivity contribution is 5.79. The Morgan fingerprint density at radius 1 is 1.44 bits per heavy atom. The number of hydrogen-bond donors (Lipinski definition) is 2. The summed E-state index contributed by atoms with van der Waals surface area (Å²) in [4.78, 5) is 11.8. The Balaban J connectivity index is 1.75. The second-order valence-corrected chi connectivity index (χ2v) is 4.97. The van der Waals surface area contributed by atoms with Crippen molar-refractivity contribution < 1.29 is 14.6 Å². The molecule has 92 valence electrons. The zero-order valence-corrected chi connectivity index (χ0v) is 9.82. The maximum absolute atomic E-state index is 11.8.